The number of benzene rings is 3. The molecule has 0 radical (unpaired) electrons. The Morgan fingerprint density at radius 2 is 1.41 bits per heavy atom. The van der Waals surface area contributed by atoms with E-state index in [1.54, 1.807) is 0 Å². The number of carbonyl (C=O) groups excluding carboxylic acids is 1. The topological polar surface area (TPSA) is 47.6 Å². The second kappa shape index (κ2) is 8.93. The molecule has 4 heteroatoms. The maximum absolute atomic E-state index is 13.2. The van der Waals surface area contributed by atoms with Crippen molar-refractivity contribution in [2.75, 3.05) is 13.2 Å². The van der Waals surface area contributed by atoms with Crippen molar-refractivity contribution in [2.24, 2.45) is 0 Å². The molecule has 0 aliphatic carbocycles. The second-order valence-corrected chi connectivity index (χ2v) is 7.30. The highest BCUT2D eigenvalue weighted by Crippen LogP contribution is 2.35. The van der Waals surface area contributed by atoms with Gasteiger partial charge in [0.05, 0.1) is 5.41 Å². The molecule has 1 heterocycles. The number of hydrogen-bond donors (Lipinski definition) is 1. The van der Waals surface area contributed by atoms with E-state index in [0.29, 0.717) is 32.6 Å². The molecule has 0 saturated carbocycles. The summed E-state index contributed by atoms with van der Waals surface area (Å²) in [6, 6.07) is 27.6. The largest absolute Gasteiger partial charge is 0.457 e. The van der Waals surface area contributed by atoms with Crippen LogP contribution in [0.3, 0.4) is 0 Å². The SMILES string of the molecule is O=C(NCc1ccc(Oc2ccccc2)cc1)C1(c2ccccc2)CCOCC1. The highest BCUT2D eigenvalue weighted by molar-refractivity contribution is 5.88. The van der Waals surface area contributed by atoms with Gasteiger partial charge in [0.2, 0.25) is 5.91 Å². The number of nitrogens with one attached hydrogen (secondary N) is 1. The zero-order valence-electron chi connectivity index (χ0n) is 16.3. The molecule has 29 heavy (non-hydrogen) atoms. The Balaban J connectivity index is 1.41. The van der Waals surface area contributed by atoms with Gasteiger partial charge in [-0.1, -0.05) is 60.7 Å². The van der Waals surface area contributed by atoms with Crippen molar-refractivity contribution in [3.8, 4) is 11.5 Å². The zero-order chi connectivity index (χ0) is 19.9. The van der Waals surface area contributed by atoms with Crippen molar-refractivity contribution in [3.05, 3.63) is 96.1 Å². The Morgan fingerprint density at radius 3 is 2.07 bits per heavy atom. The lowest BCUT2D eigenvalue weighted by Crippen LogP contribution is -2.47. The molecule has 0 aromatic heterocycles. The molecule has 1 fully saturated rings. The molecule has 0 bridgehead atoms. The summed E-state index contributed by atoms with van der Waals surface area (Å²) < 4.78 is 11.4. The van der Waals surface area contributed by atoms with Gasteiger partial charge in [0.1, 0.15) is 11.5 Å². The van der Waals surface area contributed by atoms with E-state index < -0.39 is 5.41 Å². The van der Waals surface area contributed by atoms with Crippen molar-refractivity contribution in [2.45, 2.75) is 24.8 Å². The highest BCUT2D eigenvalue weighted by Gasteiger charge is 2.41. The molecule has 1 saturated heterocycles. The normalized spacial score (nSPS) is 15.4. The maximum atomic E-state index is 13.2. The van der Waals surface area contributed by atoms with Crippen LogP contribution in [0.15, 0.2) is 84.9 Å². The Hall–Kier alpha value is -3.11. The van der Waals surface area contributed by atoms with E-state index >= 15 is 0 Å². The van der Waals surface area contributed by atoms with E-state index in [9.17, 15) is 4.79 Å². The van der Waals surface area contributed by atoms with Crippen molar-refractivity contribution in [1.82, 2.24) is 5.32 Å². The smallest absolute Gasteiger partial charge is 0.231 e. The van der Waals surface area contributed by atoms with Crippen LogP contribution in [0.25, 0.3) is 0 Å². The highest BCUT2D eigenvalue weighted by atomic mass is 16.5. The molecule has 3 aromatic carbocycles. The van der Waals surface area contributed by atoms with Crippen LogP contribution in [0.4, 0.5) is 0 Å². The average Bonchev–Trinajstić information content (AvgIpc) is 2.80. The van der Waals surface area contributed by atoms with E-state index in [-0.39, 0.29) is 5.91 Å². The number of ether oxygens (including phenoxy) is 2. The van der Waals surface area contributed by atoms with Crippen LogP contribution in [-0.2, 0) is 21.5 Å². The summed E-state index contributed by atoms with van der Waals surface area (Å²) >= 11 is 0. The second-order valence-electron chi connectivity index (χ2n) is 7.30. The predicted molar refractivity (Wildman–Crippen MR) is 113 cm³/mol. The minimum atomic E-state index is -0.518. The molecule has 0 atom stereocenters. The number of amides is 1. The molecular formula is C25H25NO3. The van der Waals surface area contributed by atoms with E-state index in [1.807, 2.05) is 84.9 Å². The summed E-state index contributed by atoms with van der Waals surface area (Å²) in [5.74, 6) is 1.64. The molecule has 0 unspecified atom stereocenters. The minimum absolute atomic E-state index is 0.0663. The van der Waals surface area contributed by atoms with Gasteiger partial charge in [0.15, 0.2) is 0 Å². The Kier molecular flexibility index (Phi) is 5.92. The first-order valence-electron chi connectivity index (χ1n) is 10.00. The molecule has 1 aliphatic heterocycles. The first kappa shape index (κ1) is 19.2. The predicted octanol–water partition coefficient (Wildman–Crippen LogP) is 4.84. The summed E-state index contributed by atoms with van der Waals surface area (Å²) in [7, 11) is 0. The molecular weight excluding hydrogens is 362 g/mol. The lowest BCUT2D eigenvalue weighted by atomic mass is 9.73. The van der Waals surface area contributed by atoms with Gasteiger partial charge in [-0.15, -0.1) is 0 Å². The summed E-state index contributed by atoms with van der Waals surface area (Å²) in [6.07, 6.45) is 1.40. The summed E-state index contributed by atoms with van der Waals surface area (Å²) in [4.78, 5) is 13.2. The van der Waals surface area contributed by atoms with Gasteiger partial charge >= 0.3 is 0 Å². The van der Waals surface area contributed by atoms with Gasteiger partial charge in [0, 0.05) is 19.8 Å². The minimum Gasteiger partial charge on any atom is -0.457 e. The zero-order valence-corrected chi connectivity index (χ0v) is 16.3. The number of carbonyl (C=O) groups is 1. The summed E-state index contributed by atoms with van der Waals surface area (Å²) in [5.41, 5.74) is 1.58. The third-order valence-corrected chi connectivity index (χ3v) is 5.46. The molecule has 1 N–H and O–H groups in total. The van der Waals surface area contributed by atoms with Crippen LogP contribution in [0.5, 0.6) is 11.5 Å². The third-order valence-electron chi connectivity index (χ3n) is 5.46. The van der Waals surface area contributed by atoms with Crippen molar-refractivity contribution in [1.29, 1.82) is 0 Å². The molecule has 148 valence electrons. The lowest BCUT2D eigenvalue weighted by molar-refractivity contribution is -0.130. The molecule has 3 aromatic rings. The molecule has 1 amide bonds. The molecule has 1 aliphatic rings. The fourth-order valence-corrected chi connectivity index (χ4v) is 3.78. The number of para-hydroxylation sites is 1. The average molecular weight is 387 g/mol. The van der Waals surface area contributed by atoms with E-state index in [1.165, 1.54) is 0 Å². The quantitative estimate of drug-likeness (QED) is 0.658. The monoisotopic (exact) mass is 387 g/mol. The van der Waals surface area contributed by atoms with Gasteiger partial charge in [-0.05, 0) is 48.2 Å². The van der Waals surface area contributed by atoms with Crippen LogP contribution in [0, 0.1) is 0 Å². The Bertz CT molecular complexity index is 917. The maximum Gasteiger partial charge on any atom is 0.231 e. The van der Waals surface area contributed by atoms with Gasteiger partial charge in [-0.25, -0.2) is 0 Å². The summed E-state index contributed by atoms with van der Waals surface area (Å²) in [5, 5.41) is 3.14. The van der Waals surface area contributed by atoms with Crippen molar-refractivity contribution < 1.29 is 14.3 Å². The summed E-state index contributed by atoms with van der Waals surface area (Å²) in [6.45, 7) is 1.70. The van der Waals surface area contributed by atoms with Gasteiger partial charge in [0.25, 0.3) is 0 Å². The van der Waals surface area contributed by atoms with E-state index in [0.717, 1.165) is 22.6 Å². The van der Waals surface area contributed by atoms with Crippen LogP contribution >= 0.6 is 0 Å². The molecule has 4 nitrogen and oxygen atoms in total. The van der Waals surface area contributed by atoms with Crippen molar-refractivity contribution in [3.63, 3.8) is 0 Å². The standard InChI is InChI=1S/C25H25NO3/c27-24(25(15-17-28-18-16-25)21-7-3-1-4-8-21)26-19-20-11-13-23(14-12-20)29-22-9-5-2-6-10-22/h1-14H,15-19H2,(H,26,27). The first-order valence-corrected chi connectivity index (χ1v) is 10.00. The van der Waals surface area contributed by atoms with Crippen LogP contribution in [0.1, 0.15) is 24.0 Å². The number of hydrogen-bond acceptors (Lipinski definition) is 3. The van der Waals surface area contributed by atoms with Crippen LogP contribution in [0.2, 0.25) is 0 Å². The van der Waals surface area contributed by atoms with Crippen LogP contribution < -0.4 is 10.1 Å². The van der Waals surface area contributed by atoms with Gasteiger partial charge < -0.3 is 14.8 Å². The van der Waals surface area contributed by atoms with Gasteiger partial charge in [-0.2, -0.15) is 0 Å². The fraction of sp³-hybridized carbons (Fsp3) is 0.240. The Morgan fingerprint density at radius 1 is 0.828 bits per heavy atom. The first-order chi connectivity index (χ1) is 14.3. The van der Waals surface area contributed by atoms with E-state index in [2.05, 4.69) is 5.32 Å². The third kappa shape index (κ3) is 4.49. The van der Waals surface area contributed by atoms with Gasteiger partial charge in [-0.3, -0.25) is 4.79 Å². The Labute approximate surface area is 171 Å². The van der Waals surface area contributed by atoms with E-state index in [4.69, 9.17) is 9.47 Å². The molecule has 4 rings (SSSR count). The number of rotatable bonds is 6. The fourth-order valence-electron chi connectivity index (χ4n) is 3.78. The lowest BCUT2D eigenvalue weighted by Gasteiger charge is -2.36. The van der Waals surface area contributed by atoms with Crippen molar-refractivity contribution >= 4 is 5.91 Å². The van der Waals surface area contributed by atoms with Crippen LogP contribution in [-0.4, -0.2) is 19.1 Å². The molecule has 0 spiro atoms.